The van der Waals surface area contributed by atoms with Crippen molar-refractivity contribution in [1.82, 2.24) is 15.1 Å². The molecule has 4 amide bonds. The number of nitrogens with zero attached hydrogens (tertiary/aromatic N) is 2. The summed E-state index contributed by atoms with van der Waals surface area (Å²) in [5.74, 6) is -0.191. The van der Waals surface area contributed by atoms with Crippen molar-refractivity contribution in [3.05, 3.63) is 30.1 Å². The topological polar surface area (TPSA) is 69.7 Å². The van der Waals surface area contributed by atoms with Crippen molar-refractivity contribution in [3.8, 4) is 0 Å². The normalized spacial score (nSPS) is 18.9. The Morgan fingerprint density at radius 3 is 2.46 bits per heavy atom. The fourth-order valence-electron chi connectivity index (χ4n) is 2.94. The molecule has 2 fully saturated rings. The first kappa shape index (κ1) is 16.8. The van der Waals surface area contributed by atoms with Crippen LogP contribution < -0.4 is 5.32 Å². The maximum Gasteiger partial charge on any atom is 0.324 e. The molecule has 2 heterocycles. The molecule has 1 aromatic carbocycles. The molecule has 0 radical (unpaired) electrons. The molecule has 0 atom stereocenters. The second kappa shape index (κ2) is 7.21. The van der Waals surface area contributed by atoms with E-state index in [9.17, 15) is 18.8 Å². The number of hydrogen-bond acceptors (Lipinski definition) is 4. The van der Waals surface area contributed by atoms with Gasteiger partial charge in [-0.05, 0) is 37.1 Å². The van der Waals surface area contributed by atoms with Crippen LogP contribution in [0.15, 0.2) is 29.2 Å². The lowest BCUT2D eigenvalue weighted by Crippen LogP contribution is -2.49. The van der Waals surface area contributed by atoms with Crippen LogP contribution in [-0.2, 0) is 9.59 Å². The Morgan fingerprint density at radius 1 is 1.21 bits per heavy atom. The second-order valence-electron chi connectivity index (χ2n) is 5.78. The minimum atomic E-state index is -0.336. The van der Waals surface area contributed by atoms with Crippen LogP contribution in [0.3, 0.4) is 0 Å². The predicted octanol–water partition coefficient (Wildman–Crippen LogP) is 1.46. The molecular formula is C16H18FN3O3S. The van der Waals surface area contributed by atoms with Gasteiger partial charge in [0, 0.05) is 24.0 Å². The number of imide groups is 1. The molecule has 1 N–H and O–H groups in total. The van der Waals surface area contributed by atoms with Gasteiger partial charge in [-0.3, -0.25) is 14.5 Å². The van der Waals surface area contributed by atoms with Gasteiger partial charge >= 0.3 is 6.03 Å². The van der Waals surface area contributed by atoms with Crippen LogP contribution in [0.1, 0.15) is 12.8 Å². The van der Waals surface area contributed by atoms with E-state index in [4.69, 9.17) is 0 Å². The Bertz CT molecular complexity index is 628. The number of likely N-dealkylation sites (tertiary alicyclic amines) is 1. The van der Waals surface area contributed by atoms with Gasteiger partial charge < -0.3 is 10.2 Å². The highest BCUT2D eigenvalue weighted by Crippen LogP contribution is 2.22. The minimum Gasteiger partial charge on any atom is -0.342 e. The Balaban J connectivity index is 1.47. The van der Waals surface area contributed by atoms with Crippen LogP contribution in [0.4, 0.5) is 9.18 Å². The molecule has 24 heavy (non-hydrogen) atoms. The van der Waals surface area contributed by atoms with Gasteiger partial charge in [0.1, 0.15) is 5.82 Å². The van der Waals surface area contributed by atoms with E-state index in [1.165, 1.54) is 28.8 Å². The van der Waals surface area contributed by atoms with E-state index in [-0.39, 0.29) is 36.2 Å². The number of amides is 4. The molecular weight excluding hydrogens is 333 g/mol. The summed E-state index contributed by atoms with van der Waals surface area (Å²) in [6.45, 7) is 1.13. The molecule has 0 spiro atoms. The molecule has 3 rings (SSSR count). The molecule has 2 aliphatic rings. The summed E-state index contributed by atoms with van der Waals surface area (Å²) in [4.78, 5) is 39.5. The molecule has 0 saturated carbocycles. The van der Waals surface area contributed by atoms with Crippen LogP contribution >= 0.6 is 11.8 Å². The number of nitrogens with one attached hydrogen (secondary N) is 1. The molecule has 0 bridgehead atoms. The monoisotopic (exact) mass is 351 g/mol. The number of hydrogen-bond donors (Lipinski definition) is 1. The molecule has 0 aromatic heterocycles. The third-order valence-corrected chi connectivity index (χ3v) is 5.23. The lowest BCUT2D eigenvalue weighted by molar-refractivity contribution is -0.131. The van der Waals surface area contributed by atoms with Crippen LogP contribution in [0, 0.1) is 5.82 Å². The highest BCUT2D eigenvalue weighted by molar-refractivity contribution is 8.00. The largest absolute Gasteiger partial charge is 0.342 e. The first-order valence-electron chi connectivity index (χ1n) is 7.80. The zero-order chi connectivity index (χ0) is 17.1. The van der Waals surface area contributed by atoms with Crippen LogP contribution in [-0.4, -0.2) is 59.1 Å². The van der Waals surface area contributed by atoms with Gasteiger partial charge in [0.25, 0.3) is 0 Å². The summed E-state index contributed by atoms with van der Waals surface area (Å²) in [6.07, 6.45) is 1.21. The Morgan fingerprint density at radius 2 is 1.88 bits per heavy atom. The van der Waals surface area contributed by atoms with Crippen molar-refractivity contribution in [3.63, 3.8) is 0 Å². The van der Waals surface area contributed by atoms with Gasteiger partial charge in [-0.2, -0.15) is 0 Å². The first-order valence-corrected chi connectivity index (χ1v) is 8.79. The van der Waals surface area contributed by atoms with E-state index < -0.39 is 0 Å². The molecule has 1 aromatic rings. The number of urea groups is 1. The van der Waals surface area contributed by atoms with Crippen molar-refractivity contribution in [2.45, 2.75) is 23.8 Å². The van der Waals surface area contributed by atoms with E-state index in [1.807, 2.05) is 0 Å². The number of piperidine rings is 1. The van der Waals surface area contributed by atoms with Crippen molar-refractivity contribution in [1.29, 1.82) is 0 Å². The third-order valence-electron chi connectivity index (χ3n) is 4.24. The summed E-state index contributed by atoms with van der Waals surface area (Å²) in [5, 5.41) is 2.52. The zero-order valence-corrected chi connectivity index (χ0v) is 13.9. The average Bonchev–Trinajstić information content (AvgIpc) is 2.93. The predicted molar refractivity (Wildman–Crippen MR) is 87.0 cm³/mol. The van der Waals surface area contributed by atoms with E-state index in [1.54, 1.807) is 17.0 Å². The van der Waals surface area contributed by atoms with Gasteiger partial charge in [-0.15, -0.1) is 11.8 Å². The smallest absolute Gasteiger partial charge is 0.324 e. The molecule has 0 unspecified atom stereocenters. The lowest BCUT2D eigenvalue weighted by Gasteiger charge is -2.35. The van der Waals surface area contributed by atoms with Gasteiger partial charge in [0.05, 0.1) is 12.3 Å². The van der Waals surface area contributed by atoms with Crippen molar-refractivity contribution in [2.75, 3.05) is 25.4 Å². The summed E-state index contributed by atoms with van der Waals surface area (Å²) in [6, 6.07) is 5.58. The van der Waals surface area contributed by atoms with Gasteiger partial charge in [0.15, 0.2) is 0 Å². The van der Waals surface area contributed by atoms with E-state index in [2.05, 4.69) is 5.32 Å². The lowest BCUT2D eigenvalue weighted by atomic mass is 10.0. The number of benzene rings is 1. The number of carbonyl (C=O) groups is 3. The fourth-order valence-corrected chi connectivity index (χ4v) is 3.75. The summed E-state index contributed by atoms with van der Waals surface area (Å²) in [7, 11) is 0. The maximum atomic E-state index is 12.9. The van der Waals surface area contributed by atoms with E-state index >= 15 is 0 Å². The van der Waals surface area contributed by atoms with Gasteiger partial charge in [0.2, 0.25) is 11.8 Å². The number of carbonyl (C=O) groups excluding carboxylic acids is 3. The van der Waals surface area contributed by atoms with Crippen molar-refractivity contribution >= 4 is 29.6 Å². The highest BCUT2D eigenvalue weighted by Gasteiger charge is 2.37. The Kier molecular flexibility index (Phi) is 5.03. The van der Waals surface area contributed by atoms with Gasteiger partial charge in [-0.1, -0.05) is 0 Å². The third kappa shape index (κ3) is 3.69. The minimum absolute atomic E-state index is 0.0139. The van der Waals surface area contributed by atoms with Crippen LogP contribution in [0.2, 0.25) is 0 Å². The zero-order valence-electron chi connectivity index (χ0n) is 13.0. The molecule has 0 aliphatic carbocycles. The molecule has 6 nitrogen and oxygen atoms in total. The average molecular weight is 351 g/mol. The van der Waals surface area contributed by atoms with Crippen molar-refractivity contribution < 1.29 is 18.8 Å². The number of rotatable bonds is 4. The quantitative estimate of drug-likeness (QED) is 0.659. The van der Waals surface area contributed by atoms with Crippen LogP contribution in [0.5, 0.6) is 0 Å². The summed E-state index contributed by atoms with van der Waals surface area (Å²) >= 11 is 1.37. The first-order chi connectivity index (χ1) is 11.5. The standard InChI is InChI=1S/C16H18FN3O3S/c17-11-1-3-13(4-2-11)24-10-15(22)19-7-5-12(6-8-19)20-14(21)9-18-16(20)23/h1-4,12H,5-10H2,(H,18,23). The Labute approximate surface area is 143 Å². The number of halogens is 1. The number of thioether (sulfide) groups is 1. The Hall–Kier alpha value is -2.09. The maximum absolute atomic E-state index is 12.9. The second-order valence-corrected chi connectivity index (χ2v) is 6.83. The molecule has 2 saturated heterocycles. The van der Waals surface area contributed by atoms with Gasteiger partial charge in [-0.25, -0.2) is 9.18 Å². The molecule has 2 aliphatic heterocycles. The van der Waals surface area contributed by atoms with E-state index in [0.717, 1.165) is 4.90 Å². The molecule has 8 heteroatoms. The van der Waals surface area contributed by atoms with Crippen LogP contribution in [0.25, 0.3) is 0 Å². The summed E-state index contributed by atoms with van der Waals surface area (Å²) in [5.41, 5.74) is 0. The van der Waals surface area contributed by atoms with Crippen molar-refractivity contribution in [2.24, 2.45) is 0 Å². The fraction of sp³-hybridized carbons (Fsp3) is 0.438. The highest BCUT2D eigenvalue weighted by atomic mass is 32.2. The van der Waals surface area contributed by atoms with E-state index in [0.29, 0.717) is 31.7 Å². The summed E-state index contributed by atoms with van der Waals surface area (Å²) < 4.78 is 12.9. The SMILES string of the molecule is O=C(CSc1ccc(F)cc1)N1CCC(N2C(=O)CNC2=O)CC1. The molecule has 128 valence electrons.